The van der Waals surface area contributed by atoms with Gasteiger partial charge in [0.25, 0.3) is 0 Å². The third-order valence-electron chi connectivity index (χ3n) is 6.45. The maximum Gasteiger partial charge on any atom is 0.227 e. The second kappa shape index (κ2) is 8.94. The van der Waals surface area contributed by atoms with E-state index in [2.05, 4.69) is 20.5 Å². The smallest absolute Gasteiger partial charge is 0.227 e. The van der Waals surface area contributed by atoms with Crippen molar-refractivity contribution in [2.24, 2.45) is 5.92 Å². The first-order chi connectivity index (χ1) is 13.3. The summed E-state index contributed by atoms with van der Waals surface area (Å²) in [5.41, 5.74) is 3.48. The van der Waals surface area contributed by atoms with Gasteiger partial charge >= 0.3 is 0 Å². The van der Waals surface area contributed by atoms with Crippen LogP contribution in [0.4, 0.5) is 17.2 Å². The van der Waals surface area contributed by atoms with Crippen molar-refractivity contribution in [1.29, 1.82) is 0 Å². The quantitative estimate of drug-likeness (QED) is 0.808. The van der Waals surface area contributed by atoms with E-state index in [4.69, 9.17) is 0 Å². The van der Waals surface area contributed by atoms with Crippen LogP contribution >= 0.6 is 0 Å². The maximum atomic E-state index is 13.1. The highest BCUT2D eigenvalue weighted by atomic mass is 16.1. The van der Waals surface area contributed by atoms with E-state index in [0.717, 1.165) is 56.8 Å². The summed E-state index contributed by atoms with van der Waals surface area (Å²) in [4.78, 5) is 20.2. The van der Waals surface area contributed by atoms with Crippen LogP contribution in [0.25, 0.3) is 0 Å². The highest BCUT2D eigenvalue weighted by molar-refractivity contribution is 5.97. The van der Waals surface area contributed by atoms with Crippen molar-refractivity contribution in [1.82, 2.24) is 4.98 Å². The highest BCUT2D eigenvalue weighted by Gasteiger charge is 2.26. The molecule has 1 amide bonds. The Hall–Kier alpha value is -1.78. The molecular formula is C22H34N4O. The predicted octanol–water partition coefficient (Wildman–Crippen LogP) is 4.73. The molecule has 2 aliphatic heterocycles. The zero-order valence-corrected chi connectivity index (χ0v) is 16.6. The molecule has 0 bridgehead atoms. The molecule has 27 heavy (non-hydrogen) atoms. The van der Waals surface area contributed by atoms with Crippen molar-refractivity contribution in [3.63, 3.8) is 0 Å². The van der Waals surface area contributed by atoms with E-state index in [9.17, 15) is 4.79 Å². The van der Waals surface area contributed by atoms with Crippen molar-refractivity contribution in [3.8, 4) is 0 Å². The van der Waals surface area contributed by atoms with Crippen LogP contribution in [0.1, 0.15) is 76.2 Å². The van der Waals surface area contributed by atoms with Crippen molar-refractivity contribution in [2.75, 3.05) is 35.2 Å². The molecule has 1 aromatic rings. The van der Waals surface area contributed by atoms with Gasteiger partial charge < -0.3 is 15.5 Å². The van der Waals surface area contributed by atoms with E-state index >= 15 is 0 Å². The number of aromatic nitrogens is 1. The van der Waals surface area contributed by atoms with Crippen LogP contribution < -0.4 is 15.5 Å². The molecule has 2 fully saturated rings. The molecule has 5 heteroatoms. The Morgan fingerprint density at radius 3 is 2.48 bits per heavy atom. The van der Waals surface area contributed by atoms with Gasteiger partial charge in [0.2, 0.25) is 5.91 Å². The lowest BCUT2D eigenvalue weighted by atomic mass is 9.90. The molecule has 1 saturated heterocycles. The van der Waals surface area contributed by atoms with Gasteiger partial charge in [-0.15, -0.1) is 0 Å². The third kappa shape index (κ3) is 4.39. The van der Waals surface area contributed by atoms with Gasteiger partial charge in [0.15, 0.2) is 0 Å². The van der Waals surface area contributed by atoms with Crippen LogP contribution in [-0.2, 0) is 11.2 Å². The summed E-state index contributed by atoms with van der Waals surface area (Å²) in [6, 6.07) is 0. The Kier molecular flexibility index (Phi) is 6.15. The summed E-state index contributed by atoms with van der Waals surface area (Å²) in [6.45, 7) is 3.17. The summed E-state index contributed by atoms with van der Waals surface area (Å²) in [5.74, 6) is 1.39. The Bertz CT molecular complexity index is 646. The Balaban J connectivity index is 1.58. The second-order valence-corrected chi connectivity index (χ2v) is 8.46. The van der Waals surface area contributed by atoms with Gasteiger partial charge in [0, 0.05) is 31.1 Å². The van der Waals surface area contributed by atoms with E-state index in [1.807, 2.05) is 6.20 Å². The average molecular weight is 371 g/mol. The number of carbonyl (C=O) groups is 1. The number of piperidine rings is 1. The van der Waals surface area contributed by atoms with Gasteiger partial charge in [0.05, 0.1) is 17.6 Å². The van der Waals surface area contributed by atoms with E-state index in [0.29, 0.717) is 0 Å². The molecule has 3 aliphatic rings. The number of fused-ring (bicyclic) bond motifs is 1. The van der Waals surface area contributed by atoms with Crippen LogP contribution in [0, 0.1) is 5.92 Å². The first-order valence-corrected chi connectivity index (χ1v) is 11.1. The van der Waals surface area contributed by atoms with Crippen LogP contribution in [0.15, 0.2) is 6.20 Å². The van der Waals surface area contributed by atoms with Gasteiger partial charge in [-0.2, -0.15) is 0 Å². The molecule has 1 aromatic heterocycles. The summed E-state index contributed by atoms with van der Waals surface area (Å²) >= 11 is 0. The molecule has 4 rings (SSSR count). The molecular weight excluding hydrogens is 336 g/mol. The number of pyridine rings is 1. The molecule has 1 aliphatic carbocycles. The van der Waals surface area contributed by atoms with Crippen molar-refractivity contribution in [3.05, 3.63) is 11.8 Å². The zero-order valence-electron chi connectivity index (χ0n) is 16.6. The van der Waals surface area contributed by atoms with Gasteiger partial charge in [-0.05, 0) is 44.9 Å². The topological polar surface area (TPSA) is 57.3 Å². The summed E-state index contributed by atoms with van der Waals surface area (Å²) < 4.78 is 0. The maximum absolute atomic E-state index is 13.1. The Morgan fingerprint density at radius 1 is 1.00 bits per heavy atom. The summed E-state index contributed by atoms with van der Waals surface area (Å²) in [7, 11) is 0. The second-order valence-electron chi connectivity index (χ2n) is 8.46. The van der Waals surface area contributed by atoms with Crippen LogP contribution in [0.5, 0.6) is 0 Å². The molecule has 0 aromatic carbocycles. The Morgan fingerprint density at radius 2 is 1.70 bits per heavy atom. The molecule has 0 unspecified atom stereocenters. The van der Waals surface area contributed by atoms with Crippen LogP contribution in [-0.4, -0.2) is 30.5 Å². The fraction of sp³-hybridized carbons (Fsp3) is 0.727. The van der Waals surface area contributed by atoms with Crippen LogP contribution in [0.2, 0.25) is 0 Å². The van der Waals surface area contributed by atoms with E-state index in [1.165, 1.54) is 62.6 Å². The van der Waals surface area contributed by atoms with Crippen molar-refractivity contribution < 1.29 is 4.79 Å². The van der Waals surface area contributed by atoms with Crippen LogP contribution in [0.3, 0.4) is 0 Å². The summed E-state index contributed by atoms with van der Waals surface area (Å²) in [5, 5.41) is 6.76. The molecule has 148 valence electrons. The molecule has 0 atom stereocenters. The fourth-order valence-corrected chi connectivity index (χ4v) is 4.93. The lowest BCUT2D eigenvalue weighted by Crippen LogP contribution is -2.33. The molecule has 1 saturated carbocycles. The van der Waals surface area contributed by atoms with Gasteiger partial charge in [-0.1, -0.05) is 32.1 Å². The monoisotopic (exact) mass is 370 g/mol. The van der Waals surface area contributed by atoms with E-state index < -0.39 is 0 Å². The average Bonchev–Trinajstić information content (AvgIpc) is 2.68. The minimum atomic E-state index is 0.161. The van der Waals surface area contributed by atoms with Gasteiger partial charge in [-0.25, -0.2) is 4.98 Å². The normalized spacial score (nSPS) is 21.6. The first kappa shape index (κ1) is 18.6. The zero-order chi connectivity index (χ0) is 18.5. The standard InChI is InChI=1S/C22H34N4O/c27-22(17-10-5-2-1-3-6-11-17)25-19-16-24-21-18(12-9-13-23-21)20(19)26-14-7-4-8-15-26/h16-17H,1-15H2,(H,23,24)(H,25,27). The third-order valence-corrected chi connectivity index (χ3v) is 6.45. The largest absolute Gasteiger partial charge is 0.370 e. The van der Waals surface area contributed by atoms with Gasteiger partial charge in [-0.3, -0.25) is 4.79 Å². The SMILES string of the molecule is O=C(Nc1cnc2c(c1N1CCCCC1)CCCN2)C1CCCCCCC1. The lowest BCUT2D eigenvalue weighted by molar-refractivity contribution is -0.120. The minimum absolute atomic E-state index is 0.161. The van der Waals surface area contributed by atoms with E-state index in [1.54, 1.807) is 0 Å². The lowest BCUT2D eigenvalue weighted by Gasteiger charge is -2.34. The molecule has 0 spiro atoms. The van der Waals surface area contributed by atoms with Crippen molar-refractivity contribution in [2.45, 2.75) is 77.0 Å². The highest BCUT2D eigenvalue weighted by Crippen LogP contribution is 2.38. The Labute approximate surface area is 163 Å². The number of rotatable bonds is 3. The fourth-order valence-electron chi connectivity index (χ4n) is 4.93. The molecule has 2 N–H and O–H groups in total. The number of nitrogens with zero attached hydrogens (tertiary/aromatic N) is 2. The molecule has 3 heterocycles. The predicted molar refractivity (Wildman–Crippen MR) is 112 cm³/mol. The molecule has 0 radical (unpaired) electrons. The first-order valence-electron chi connectivity index (χ1n) is 11.1. The summed E-state index contributed by atoms with van der Waals surface area (Å²) in [6.07, 6.45) is 16.2. The number of hydrogen-bond acceptors (Lipinski definition) is 4. The number of carbonyl (C=O) groups excluding carboxylic acids is 1. The number of hydrogen-bond donors (Lipinski definition) is 2. The molecule has 5 nitrogen and oxygen atoms in total. The number of amides is 1. The minimum Gasteiger partial charge on any atom is -0.370 e. The van der Waals surface area contributed by atoms with Gasteiger partial charge in [0.1, 0.15) is 5.82 Å². The number of anilines is 3. The van der Waals surface area contributed by atoms with Crippen molar-refractivity contribution >= 4 is 23.1 Å². The van der Waals surface area contributed by atoms with E-state index in [-0.39, 0.29) is 11.8 Å². The number of nitrogens with one attached hydrogen (secondary N) is 2.